The summed E-state index contributed by atoms with van der Waals surface area (Å²) in [5.74, 6) is 0.395. The minimum absolute atomic E-state index is 0.218. The van der Waals surface area contributed by atoms with E-state index in [2.05, 4.69) is 20.2 Å². The maximum atomic E-state index is 12.9. The number of methoxy groups -OCH3 is 1. The van der Waals surface area contributed by atoms with Gasteiger partial charge in [0.15, 0.2) is 0 Å². The maximum absolute atomic E-state index is 12.9. The molecule has 0 unspecified atom stereocenters. The molecule has 1 aliphatic heterocycles. The standard InChI is InChI=1S/C22H24N4O3/c1-14-15(2)24-19-12-16(4-6-18(19)23-14)22(27)25-20-13-17(5-7-21(20)28-3)26-8-10-29-11-9-26/h4-7,12-13H,8-11H2,1-3H3,(H,25,27). The first-order chi connectivity index (χ1) is 14.0. The second-order valence-corrected chi connectivity index (χ2v) is 7.04. The van der Waals surface area contributed by atoms with E-state index in [9.17, 15) is 4.79 Å². The Morgan fingerprint density at radius 3 is 2.48 bits per heavy atom. The highest BCUT2D eigenvalue weighted by atomic mass is 16.5. The number of amides is 1. The van der Waals surface area contributed by atoms with Gasteiger partial charge in [0.2, 0.25) is 0 Å². The van der Waals surface area contributed by atoms with E-state index in [0.717, 1.165) is 35.7 Å². The van der Waals surface area contributed by atoms with Crippen LogP contribution in [0.25, 0.3) is 11.0 Å². The molecule has 0 atom stereocenters. The second-order valence-electron chi connectivity index (χ2n) is 7.04. The van der Waals surface area contributed by atoms with Gasteiger partial charge in [0, 0.05) is 24.3 Å². The van der Waals surface area contributed by atoms with E-state index in [1.54, 1.807) is 19.2 Å². The molecular weight excluding hydrogens is 368 g/mol. The fourth-order valence-electron chi connectivity index (χ4n) is 3.38. The molecule has 1 amide bonds. The van der Waals surface area contributed by atoms with E-state index in [-0.39, 0.29) is 5.91 Å². The lowest BCUT2D eigenvalue weighted by Gasteiger charge is -2.29. The van der Waals surface area contributed by atoms with Crippen molar-refractivity contribution < 1.29 is 14.3 Å². The van der Waals surface area contributed by atoms with Crippen molar-refractivity contribution in [2.24, 2.45) is 0 Å². The smallest absolute Gasteiger partial charge is 0.255 e. The molecule has 0 bridgehead atoms. The van der Waals surface area contributed by atoms with Gasteiger partial charge in [-0.25, -0.2) is 9.97 Å². The average Bonchev–Trinajstić information content (AvgIpc) is 2.75. The first-order valence-corrected chi connectivity index (χ1v) is 9.62. The predicted octanol–water partition coefficient (Wildman–Crippen LogP) is 3.34. The monoisotopic (exact) mass is 392 g/mol. The summed E-state index contributed by atoms with van der Waals surface area (Å²) in [6, 6.07) is 11.2. The largest absolute Gasteiger partial charge is 0.495 e. The third-order valence-corrected chi connectivity index (χ3v) is 5.15. The van der Waals surface area contributed by atoms with E-state index in [1.165, 1.54) is 0 Å². The van der Waals surface area contributed by atoms with E-state index in [4.69, 9.17) is 9.47 Å². The summed E-state index contributed by atoms with van der Waals surface area (Å²) in [6.07, 6.45) is 0. The minimum Gasteiger partial charge on any atom is -0.495 e. The van der Waals surface area contributed by atoms with E-state index in [1.807, 2.05) is 38.1 Å². The number of hydrogen-bond acceptors (Lipinski definition) is 6. The molecule has 2 aromatic carbocycles. The van der Waals surface area contributed by atoms with Crippen molar-refractivity contribution >= 4 is 28.3 Å². The van der Waals surface area contributed by atoms with Crippen LogP contribution in [0.1, 0.15) is 21.7 Å². The Morgan fingerprint density at radius 2 is 1.76 bits per heavy atom. The topological polar surface area (TPSA) is 76.6 Å². The van der Waals surface area contributed by atoms with Gasteiger partial charge < -0.3 is 19.7 Å². The van der Waals surface area contributed by atoms with Gasteiger partial charge in [0.05, 0.1) is 48.4 Å². The molecule has 1 aliphatic rings. The van der Waals surface area contributed by atoms with Gasteiger partial charge in [-0.1, -0.05) is 0 Å². The van der Waals surface area contributed by atoms with Crippen molar-refractivity contribution in [2.45, 2.75) is 13.8 Å². The van der Waals surface area contributed by atoms with Crippen LogP contribution in [-0.2, 0) is 4.74 Å². The predicted molar refractivity (Wildman–Crippen MR) is 113 cm³/mol. The third-order valence-electron chi connectivity index (χ3n) is 5.15. The van der Waals surface area contributed by atoms with Crippen LogP contribution in [0.3, 0.4) is 0 Å². The highest BCUT2D eigenvalue weighted by Crippen LogP contribution is 2.30. The molecule has 1 aromatic heterocycles. The van der Waals surface area contributed by atoms with Gasteiger partial charge in [-0.3, -0.25) is 4.79 Å². The molecule has 7 heteroatoms. The highest BCUT2D eigenvalue weighted by Gasteiger charge is 2.16. The Kier molecular flexibility index (Phi) is 5.31. The number of morpholine rings is 1. The van der Waals surface area contributed by atoms with Crippen LogP contribution in [0.4, 0.5) is 11.4 Å². The van der Waals surface area contributed by atoms with Crippen molar-refractivity contribution in [1.82, 2.24) is 9.97 Å². The number of carbonyl (C=O) groups excluding carboxylic acids is 1. The quantitative estimate of drug-likeness (QED) is 0.734. The molecule has 0 aliphatic carbocycles. The lowest BCUT2D eigenvalue weighted by molar-refractivity contribution is 0.102. The normalized spacial score (nSPS) is 14.1. The molecule has 150 valence electrons. The number of nitrogens with one attached hydrogen (secondary N) is 1. The SMILES string of the molecule is COc1ccc(N2CCOCC2)cc1NC(=O)c1ccc2nc(C)c(C)nc2c1. The molecule has 3 aromatic rings. The first kappa shape index (κ1) is 19.1. The molecule has 0 saturated carbocycles. The number of aryl methyl sites for hydroxylation is 2. The highest BCUT2D eigenvalue weighted by molar-refractivity contribution is 6.06. The first-order valence-electron chi connectivity index (χ1n) is 9.62. The molecular formula is C22H24N4O3. The van der Waals surface area contributed by atoms with Crippen LogP contribution in [0.2, 0.25) is 0 Å². The zero-order valence-corrected chi connectivity index (χ0v) is 16.9. The Balaban J connectivity index is 1.61. The van der Waals surface area contributed by atoms with Crippen LogP contribution in [-0.4, -0.2) is 49.3 Å². The van der Waals surface area contributed by atoms with Crippen molar-refractivity contribution in [1.29, 1.82) is 0 Å². The fraction of sp³-hybridized carbons (Fsp3) is 0.318. The number of nitrogens with zero attached hydrogens (tertiary/aromatic N) is 3. The summed E-state index contributed by atoms with van der Waals surface area (Å²) >= 11 is 0. The van der Waals surface area contributed by atoms with Crippen LogP contribution >= 0.6 is 0 Å². The number of aromatic nitrogens is 2. The molecule has 1 N–H and O–H groups in total. The number of fused-ring (bicyclic) bond motifs is 1. The zero-order valence-electron chi connectivity index (χ0n) is 16.9. The summed E-state index contributed by atoms with van der Waals surface area (Å²) in [7, 11) is 1.59. The van der Waals surface area contributed by atoms with Gasteiger partial charge in [-0.2, -0.15) is 0 Å². The summed E-state index contributed by atoms with van der Waals surface area (Å²) in [6.45, 7) is 6.88. The fourth-order valence-corrected chi connectivity index (χ4v) is 3.38. The number of hydrogen-bond donors (Lipinski definition) is 1. The molecule has 4 rings (SSSR count). The molecule has 0 spiro atoms. The van der Waals surface area contributed by atoms with Crippen LogP contribution < -0.4 is 15.0 Å². The zero-order chi connectivity index (χ0) is 20.4. The number of ether oxygens (including phenoxy) is 2. The van der Waals surface area contributed by atoms with Crippen molar-refractivity contribution in [2.75, 3.05) is 43.6 Å². The van der Waals surface area contributed by atoms with Crippen molar-refractivity contribution in [3.05, 3.63) is 53.3 Å². The molecule has 0 radical (unpaired) electrons. The van der Waals surface area contributed by atoms with E-state index >= 15 is 0 Å². The van der Waals surface area contributed by atoms with Crippen LogP contribution in [0, 0.1) is 13.8 Å². The Morgan fingerprint density at radius 1 is 1.03 bits per heavy atom. The van der Waals surface area contributed by atoms with Crippen LogP contribution in [0.15, 0.2) is 36.4 Å². The van der Waals surface area contributed by atoms with Gasteiger partial charge in [0.1, 0.15) is 5.75 Å². The molecule has 1 fully saturated rings. The van der Waals surface area contributed by atoms with Crippen molar-refractivity contribution in [3.8, 4) is 5.75 Å². The number of anilines is 2. The lowest BCUT2D eigenvalue weighted by Crippen LogP contribution is -2.36. The van der Waals surface area contributed by atoms with E-state index in [0.29, 0.717) is 35.7 Å². The van der Waals surface area contributed by atoms with E-state index < -0.39 is 0 Å². The molecule has 2 heterocycles. The molecule has 29 heavy (non-hydrogen) atoms. The summed E-state index contributed by atoms with van der Waals surface area (Å²) in [4.78, 5) is 24.2. The number of benzene rings is 2. The van der Waals surface area contributed by atoms with Gasteiger partial charge in [-0.15, -0.1) is 0 Å². The van der Waals surface area contributed by atoms with Gasteiger partial charge >= 0.3 is 0 Å². The molecule has 1 saturated heterocycles. The average molecular weight is 392 g/mol. The van der Waals surface area contributed by atoms with Crippen molar-refractivity contribution in [3.63, 3.8) is 0 Å². The second kappa shape index (κ2) is 8.05. The summed E-state index contributed by atoms with van der Waals surface area (Å²) in [5.41, 5.74) is 5.40. The Labute approximate surface area is 169 Å². The maximum Gasteiger partial charge on any atom is 0.255 e. The minimum atomic E-state index is -0.218. The van der Waals surface area contributed by atoms with Crippen LogP contribution in [0.5, 0.6) is 5.75 Å². The lowest BCUT2D eigenvalue weighted by atomic mass is 10.1. The summed E-state index contributed by atoms with van der Waals surface area (Å²) < 4.78 is 10.9. The number of carbonyl (C=O) groups is 1. The third kappa shape index (κ3) is 4.00. The Bertz CT molecular complexity index is 1060. The summed E-state index contributed by atoms with van der Waals surface area (Å²) in [5, 5.41) is 2.98. The van der Waals surface area contributed by atoms with Gasteiger partial charge in [-0.05, 0) is 50.2 Å². The van der Waals surface area contributed by atoms with Gasteiger partial charge in [0.25, 0.3) is 5.91 Å². The molecule has 7 nitrogen and oxygen atoms in total. The Hall–Kier alpha value is -3.19. The number of rotatable bonds is 4.